The normalized spacial score (nSPS) is 11.9. The van der Waals surface area contributed by atoms with Gasteiger partial charge in [0, 0.05) is 11.4 Å². The van der Waals surface area contributed by atoms with Gasteiger partial charge in [-0.2, -0.15) is 0 Å². The summed E-state index contributed by atoms with van der Waals surface area (Å²) in [5.41, 5.74) is 2.74. The Labute approximate surface area is 89.4 Å². The molecule has 1 aromatic rings. The maximum absolute atomic E-state index is 13.3. The first-order valence-corrected chi connectivity index (χ1v) is 5.22. The molecule has 14 heavy (non-hydrogen) atoms. The van der Waals surface area contributed by atoms with E-state index in [4.69, 9.17) is 11.6 Å². The topological polar surface area (TPSA) is 0 Å². The van der Waals surface area contributed by atoms with Gasteiger partial charge in [-0.25, -0.2) is 4.39 Å². The van der Waals surface area contributed by atoms with Crippen LogP contribution in [-0.4, -0.2) is 5.88 Å². The zero-order valence-corrected chi connectivity index (χ0v) is 9.24. The summed E-state index contributed by atoms with van der Waals surface area (Å²) in [5.74, 6) is 0.274. The summed E-state index contributed by atoms with van der Waals surface area (Å²) in [7, 11) is 0. The van der Waals surface area contributed by atoms with E-state index in [2.05, 4.69) is 0 Å². The molecule has 1 rings (SSSR count). The lowest BCUT2D eigenvalue weighted by Gasteiger charge is -2.02. The van der Waals surface area contributed by atoms with Crippen LogP contribution in [0.25, 0.3) is 6.08 Å². The molecule has 1 aromatic carbocycles. The minimum Gasteiger partial charge on any atom is -0.206 e. The standard InChI is InChI=1S/C12H14ClF/c1-3-10(8-13)7-11-6-9(2)4-5-12(11)14/h4-7H,3,8H2,1-2H3/b10-7-. The highest BCUT2D eigenvalue weighted by Gasteiger charge is 2.00. The van der Waals surface area contributed by atoms with Gasteiger partial charge in [0.1, 0.15) is 5.82 Å². The van der Waals surface area contributed by atoms with E-state index in [1.165, 1.54) is 6.07 Å². The lowest BCUT2D eigenvalue weighted by atomic mass is 10.1. The van der Waals surface area contributed by atoms with Gasteiger partial charge < -0.3 is 0 Å². The summed E-state index contributed by atoms with van der Waals surface area (Å²) in [6.45, 7) is 3.96. The fraction of sp³-hybridized carbons (Fsp3) is 0.333. The van der Waals surface area contributed by atoms with Gasteiger partial charge in [0.2, 0.25) is 0 Å². The van der Waals surface area contributed by atoms with Crippen LogP contribution in [0.3, 0.4) is 0 Å². The van der Waals surface area contributed by atoms with Crippen molar-refractivity contribution in [2.45, 2.75) is 20.3 Å². The summed E-state index contributed by atoms with van der Waals surface area (Å²) in [5, 5.41) is 0. The van der Waals surface area contributed by atoms with E-state index in [0.29, 0.717) is 11.4 Å². The van der Waals surface area contributed by atoms with Crippen molar-refractivity contribution in [3.8, 4) is 0 Å². The van der Waals surface area contributed by atoms with E-state index >= 15 is 0 Å². The third-order valence-electron chi connectivity index (χ3n) is 2.14. The van der Waals surface area contributed by atoms with Crippen molar-refractivity contribution in [2.24, 2.45) is 0 Å². The molecule has 0 aromatic heterocycles. The molecule has 0 saturated heterocycles. The monoisotopic (exact) mass is 212 g/mol. The fourth-order valence-electron chi connectivity index (χ4n) is 1.23. The molecule has 0 bridgehead atoms. The molecule has 0 unspecified atom stereocenters. The number of hydrogen-bond acceptors (Lipinski definition) is 0. The van der Waals surface area contributed by atoms with Crippen LogP contribution in [0.4, 0.5) is 4.39 Å². The molecule has 0 aliphatic rings. The van der Waals surface area contributed by atoms with Crippen molar-refractivity contribution in [3.63, 3.8) is 0 Å². The van der Waals surface area contributed by atoms with E-state index in [1.807, 2.05) is 26.0 Å². The number of rotatable bonds is 3. The zero-order valence-electron chi connectivity index (χ0n) is 8.48. The Hall–Kier alpha value is -0.820. The molecule has 0 saturated carbocycles. The average molecular weight is 213 g/mol. The number of halogens is 2. The molecule has 0 fully saturated rings. The van der Waals surface area contributed by atoms with Crippen molar-refractivity contribution in [1.82, 2.24) is 0 Å². The Morgan fingerprint density at radius 2 is 2.21 bits per heavy atom. The van der Waals surface area contributed by atoms with Gasteiger partial charge in [-0.3, -0.25) is 0 Å². The van der Waals surface area contributed by atoms with E-state index in [1.54, 1.807) is 6.07 Å². The number of aryl methyl sites for hydroxylation is 1. The van der Waals surface area contributed by atoms with Crippen LogP contribution >= 0.6 is 11.6 Å². The van der Waals surface area contributed by atoms with Gasteiger partial charge >= 0.3 is 0 Å². The van der Waals surface area contributed by atoms with Crippen LogP contribution in [0.1, 0.15) is 24.5 Å². The Morgan fingerprint density at radius 3 is 2.79 bits per heavy atom. The Bertz CT molecular complexity index is 336. The highest BCUT2D eigenvalue weighted by atomic mass is 35.5. The molecular weight excluding hydrogens is 199 g/mol. The number of benzene rings is 1. The van der Waals surface area contributed by atoms with Crippen LogP contribution < -0.4 is 0 Å². The second-order valence-electron chi connectivity index (χ2n) is 3.31. The van der Waals surface area contributed by atoms with E-state index in [0.717, 1.165) is 17.6 Å². The van der Waals surface area contributed by atoms with Crippen LogP contribution in [0.2, 0.25) is 0 Å². The van der Waals surface area contributed by atoms with Crippen molar-refractivity contribution in [3.05, 3.63) is 40.7 Å². The maximum atomic E-state index is 13.3. The van der Waals surface area contributed by atoms with Gasteiger partial charge in [-0.15, -0.1) is 11.6 Å². The first-order chi connectivity index (χ1) is 6.67. The zero-order chi connectivity index (χ0) is 10.6. The molecular formula is C12H14ClF. The van der Waals surface area contributed by atoms with Crippen molar-refractivity contribution in [1.29, 1.82) is 0 Å². The minimum atomic E-state index is -0.188. The molecule has 0 spiro atoms. The first-order valence-electron chi connectivity index (χ1n) is 4.69. The van der Waals surface area contributed by atoms with Crippen LogP contribution in [0, 0.1) is 12.7 Å². The van der Waals surface area contributed by atoms with Crippen LogP contribution in [-0.2, 0) is 0 Å². The van der Waals surface area contributed by atoms with Gasteiger partial charge in [0.25, 0.3) is 0 Å². The Kier molecular flexibility index (Phi) is 4.15. The molecule has 76 valence electrons. The Balaban J connectivity index is 3.06. The molecule has 2 heteroatoms. The molecule has 0 radical (unpaired) electrons. The molecule has 0 aliphatic carbocycles. The number of hydrogen-bond donors (Lipinski definition) is 0. The second-order valence-corrected chi connectivity index (χ2v) is 3.58. The average Bonchev–Trinajstić information content (AvgIpc) is 2.19. The highest BCUT2D eigenvalue weighted by molar-refractivity contribution is 6.19. The third kappa shape index (κ3) is 2.85. The summed E-state index contributed by atoms with van der Waals surface area (Å²) in [6.07, 6.45) is 2.69. The number of allylic oxidation sites excluding steroid dienone is 1. The van der Waals surface area contributed by atoms with Crippen molar-refractivity contribution in [2.75, 3.05) is 5.88 Å². The van der Waals surface area contributed by atoms with E-state index in [-0.39, 0.29) is 5.82 Å². The molecule has 0 amide bonds. The van der Waals surface area contributed by atoms with Gasteiger partial charge in [0.05, 0.1) is 0 Å². The maximum Gasteiger partial charge on any atom is 0.130 e. The first kappa shape index (κ1) is 11.3. The number of alkyl halides is 1. The van der Waals surface area contributed by atoms with E-state index in [9.17, 15) is 4.39 Å². The van der Waals surface area contributed by atoms with Crippen molar-refractivity contribution < 1.29 is 4.39 Å². The lowest BCUT2D eigenvalue weighted by molar-refractivity contribution is 0.624. The Morgan fingerprint density at radius 1 is 1.50 bits per heavy atom. The fourth-order valence-corrected chi connectivity index (χ4v) is 1.49. The predicted molar refractivity (Wildman–Crippen MR) is 60.1 cm³/mol. The van der Waals surface area contributed by atoms with Crippen molar-refractivity contribution >= 4 is 17.7 Å². The van der Waals surface area contributed by atoms with Gasteiger partial charge in [-0.05, 0) is 25.5 Å². The molecule has 0 nitrogen and oxygen atoms in total. The third-order valence-corrected chi connectivity index (χ3v) is 2.48. The molecule has 0 heterocycles. The smallest absolute Gasteiger partial charge is 0.130 e. The summed E-state index contributed by atoms with van der Waals surface area (Å²) < 4.78 is 13.3. The largest absolute Gasteiger partial charge is 0.206 e. The quantitative estimate of drug-likeness (QED) is 0.660. The second kappa shape index (κ2) is 5.16. The van der Waals surface area contributed by atoms with Crippen LogP contribution in [0.15, 0.2) is 23.8 Å². The van der Waals surface area contributed by atoms with Gasteiger partial charge in [-0.1, -0.05) is 30.2 Å². The van der Waals surface area contributed by atoms with Crippen LogP contribution in [0.5, 0.6) is 0 Å². The molecule has 0 aliphatic heterocycles. The molecule has 0 atom stereocenters. The lowest BCUT2D eigenvalue weighted by Crippen LogP contribution is -1.87. The summed E-state index contributed by atoms with van der Waals surface area (Å²) in [6, 6.07) is 5.08. The minimum absolute atomic E-state index is 0.188. The van der Waals surface area contributed by atoms with E-state index < -0.39 is 0 Å². The van der Waals surface area contributed by atoms with Gasteiger partial charge in [0.15, 0.2) is 0 Å². The highest BCUT2D eigenvalue weighted by Crippen LogP contribution is 2.16. The summed E-state index contributed by atoms with van der Waals surface area (Å²) in [4.78, 5) is 0. The SMILES string of the molecule is CC/C(=C/c1cc(C)ccc1F)CCl. The predicted octanol–water partition coefficient (Wildman–Crippen LogP) is 4.17. The molecule has 0 N–H and O–H groups in total. The summed E-state index contributed by atoms with van der Waals surface area (Å²) >= 11 is 5.72.